The molecule has 1 aromatic rings. The SMILES string of the molecule is CCC1(C(=O)CS(=O)c2ccncc2)CC2CCCC1C2. The van der Waals surface area contributed by atoms with Crippen LogP contribution < -0.4 is 0 Å². The predicted octanol–water partition coefficient (Wildman–Crippen LogP) is 3.36. The van der Waals surface area contributed by atoms with Gasteiger partial charge in [-0.05, 0) is 49.7 Å². The number of Topliss-reactive ketones (excluding diaryl/α,β-unsaturated/α-hetero) is 1. The van der Waals surface area contributed by atoms with E-state index in [1.807, 2.05) is 0 Å². The van der Waals surface area contributed by atoms with Crippen molar-refractivity contribution in [3.63, 3.8) is 0 Å². The molecule has 3 nitrogen and oxygen atoms in total. The summed E-state index contributed by atoms with van der Waals surface area (Å²) in [5, 5.41) is 0. The molecule has 114 valence electrons. The van der Waals surface area contributed by atoms with E-state index in [-0.39, 0.29) is 17.0 Å². The molecule has 21 heavy (non-hydrogen) atoms. The minimum atomic E-state index is -1.23. The molecule has 2 saturated carbocycles. The zero-order valence-electron chi connectivity index (χ0n) is 12.6. The number of rotatable bonds is 5. The standard InChI is InChI=1S/C17H23NO2S/c1-2-17(11-13-4-3-5-14(17)10-13)16(19)12-21(20)15-6-8-18-9-7-15/h6-9,13-14H,2-5,10-12H2,1H3. The van der Waals surface area contributed by atoms with Crippen molar-refractivity contribution in [2.45, 2.75) is 50.3 Å². The lowest BCUT2D eigenvalue weighted by Crippen LogP contribution is -2.37. The van der Waals surface area contributed by atoms with E-state index in [0.717, 1.165) is 18.8 Å². The molecule has 0 aliphatic heterocycles. The summed E-state index contributed by atoms with van der Waals surface area (Å²) in [7, 11) is -1.23. The summed E-state index contributed by atoms with van der Waals surface area (Å²) in [6, 6.07) is 3.49. The highest BCUT2D eigenvalue weighted by molar-refractivity contribution is 7.85. The van der Waals surface area contributed by atoms with Gasteiger partial charge in [-0.1, -0.05) is 19.8 Å². The Morgan fingerprint density at radius 1 is 1.38 bits per heavy atom. The lowest BCUT2D eigenvalue weighted by Gasteiger charge is -2.33. The van der Waals surface area contributed by atoms with Crippen LogP contribution in [0.3, 0.4) is 0 Å². The van der Waals surface area contributed by atoms with Gasteiger partial charge >= 0.3 is 0 Å². The van der Waals surface area contributed by atoms with Crippen LogP contribution in [0.15, 0.2) is 29.4 Å². The van der Waals surface area contributed by atoms with Gasteiger partial charge in [0.25, 0.3) is 0 Å². The predicted molar refractivity (Wildman–Crippen MR) is 83.3 cm³/mol. The fraction of sp³-hybridized carbons (Fsp3) is 0.647. The second-order valence-corrected chi connectivity index (χ2v) is 7.99. The highest BCUT2D eigenvalue weighted by atomic mass is 32.2. The topological polar surface area (TPSA) is 47.0 Å². The third kappa shape index (κ3) is 2.70. The van der Waals surface area contributed by atoms with Crippen LogP contribution in [0.5, 0.6) is 0 Å². The van der Waals surface area contributed by atoms with E-state index in [4.69, 9.17) is 0 Å². The Morgan fingerprint density at radius 3 is 2.81 bits per heavy atom. The summed E-state index contributed by atoms with van der Waals surface area (Å²) in [6.45, 7) is 2.13. The number of hydrogen-bond donors (Lipinski definition) is 0. The van der Waals surface area contributed by atoms with Crippen LogP contribution in [0.25, 0.3) is 0 Å². The Hall–Kier alpha value is -1.03. The third-order valence-corrected chi connectivity index (χ3v) is 6.90. The molecule has 0 amide bonds. The van der Waals surface area contributed by atoms with Crippen LogP contribution in [0.1, 0.15) is 45.4 Å². The maximum atomic E-state index is 12.9. The summed E-state index contributed by atoms with van der Waals surface area (Å²) >= 11 is 0. The number of fused-ring (bicyclic) bond motifs is 2. The van der Waals surface area contributed by atoms with Gasteiger partial charge in [-0.3, -0.25) is 14.0 Å². The van der Waals surface area contributed by atoms with E-state index >= 15 is 0 Å². The molecule has 0 saturated heterocycles. The van der Waals surface area contributed by atoms with Gasteiger partial charge in [-0.25, -0.2) is 0 Å². The number of hydrogen-bond acceptors (Lipinski definition) is 3. The zero-order valence-corrected chi connectivity index (χ0v) is 13.4. The van der Waals surface area contributed by atoms with E-state index < -0.39 is 10.8 Å². The number of carbonyl (C=O) groups excluding carboxylic acids is 1. The Labute approximate surface area is 129 Å². The van der Waals surface area contributed by atoms with Crippen LogP contribution in [0, 0.1) is 17.3 Å². The van der Waals surface area contributed by atoms with Crippen LogP contribution in [0.2, 0.25) is 0 Å². The quantitative estimate of drug-likeness (QED) is 0.838. The fourth-order valence-electron chi connectivity index (χ4n) is 4.47. The van der Waals surface area contributed by atoms with E-state index in [2.05, 4.69) is 11.9 Å². The first kappa shape index (κ1) is 14.9. The second kappa shape index (κ2) is 5.99. The molecule has 3 rings (SSSR count). The van der Waals surface area contributed by atoms with Gasteiger partial charge in [-0.2, -0.15) is 0 Å². The number of pyridine rings is 1. The van der Waals surface area contributed by atoms with Crippen molar-refractivity contribution < 1.29 is 9.00 Å². The largest absolute Gasteiger partial charge is 0.298 e. The van der Waals surface area contributed by atoms with Crippen molar-refractivity contribution in [3.8, 4) is 0 Å². The van der Waals surface area contributed by atoms with E-state index in [0.29, 0.717) is 10.8 Å². The number of nitrogens with zero attached hydrogens (tertiary/aromatic N) is 1. The molecule has 4 heteroatoms. The van der Waals surface area contributed by atoms with Crippen molar-refractivity contribution in [2.24, 2.45) is 17.3 Å². The Bertz CT molecular complexity index is 545. The lowest BCUT2D eigenvalue weighted by molar-refractivity contribution is -0.128. The highest BCUT2D eigenvalue weighted by Crippen LogP contribution is 2.55. The molecule has 2 fully saturated rings. The maximum Gasteiger partial charge on any atom is 0.152 e. The molecule has 1 heterocycles. The number of aromatic nitrogens is 1. The first-order chi connectivity index (χ1) is 10.2. The third-order valence-electron chi connectivity index (χ3n) is 5.58. The van der Waals surface area contributed by atoms with Gasteiger partial charge in [0.15, 0.2) is 5.78 Å². The number of carbonyl (C=O) groups is 1. The van der Waals surface area contributed by atoms with Gasteiger partial charge in [0.05, 0.1) is 16.6 Å². The van der Waals surface area contributed by atoms with E-state index in [1.54, 1.807) is 24.5 Å². The van der Waals surface area contributed by atoms with Gasteiger partial charge in [0, 0.05) is 22.7 Å². The van der Waals surface area contributed by atoms with Gasteiger partial charge in [0.2, 0.25) is 0 Å². The number of ketones is 1. The normalized spacial score (nSPS) is 32.8. The minimum Gasteiger partial charge on any atom is -0.298 e. The van der Waals surface area contributed by atoms with E-state index in [9.17, 15) is 9.00 Å². The molecule has 0 radical (unpaired) electrons. The first-order valence-electron chi connectivity index (χ1n) is 7.97. The van der Waals surface area contributed by atoms with Crippen molar-refractivity contribution in [3.05, 3.63) is 24.5 Å². The Morgan fingerprint density at radius 2 is 2.14 bits per heavy atom. The molecule has 2 aliphatic carbocycles. The van der Waals surface area contributed by atoms with E-state index in [1.165, 1.54) is 25.7 Å². The van der Waals surface area contributed by atoms with Crippen LogP contribution in [-0.4, -0.2) is 20.7 Å². The van der Waals surface area contributed by atoms with Gasteiger partial charge in [0.1, 0.15) is 0 Å². The fourth-order valence-corrected chi connectivity index (χ4v) is 5.59. The Balaban J connectivity index is 1.76. The molecular weight excluding hydrogens is 282 g/mol. The summed E-state index contributed by atoms with van der Waals surface area (Å²) in [5.41, 5.74) is -0.191. The molecule has 2 aliphatic rings. The Kier molecular flexibility index (Phi) is 4.25. The monoisotopic (exact) mass is 305 g/mol. The maximum absolute atomic E-state index is 12.9. The smallest absolute Gasteiger partial charge is 0.152 e. The summed E-state index contributed by atoms with van der Waals surface area (Å²) in [4.78, 5) is 17.6. The van der Waals surface area contributed by atoms with Crippen molar-refractivity contribution >= 4 is 16.6 Å². The molecule has 0 N–H and O–H groups in total. The molecule has 0 aromatic carbocycles. The van der Waals surface area contributed by atoms with Crippen molar-refractivity contribution in [2.75, 3.05) is 5.75 Å². The zero-order chi connectivity index (χ0) is 14.9. The van der Waals surface area contributed by atoms with Crippen LogP contribution >= 0.6 is 0 Å². The molecule has 4 unspecified atom stereocenters. The molecular formula is C17H23NO2S. The average molecular weight is 305 g/mol. The molecule has 0 spiro atoms. The van der Waals surface area contributed by atoms with Crippen LogP contribution in [0.4, 0.5) is 0 Å². The minimum absolute atomic E-state index is 0.168. The average Bonchev–Trinajstić information content (AvgIpc) is 2.79. The van der Waals surface area contributed by atoms with Gasteiger partial charge in [-0.15, -0.1) is 0 Å². The van der Waals surface area contributed by atoms with Crippen LogP contribution in [-0.2, 0) is 15.6 Å². The van der Waals surface area contributed by atoms with Gasteiger partial charge < -0.3 is 0 Å². The molecule has 2 bridgehead atoms. The first-order valence-corrected chi connectivity index (χ1v) is 9.29. The second-order valence-electron chi connectivity index (χ2n) is 6.54. The highest BCUT2D eigenvalue weighted by Gasteiger charge is 2.51. The summed E-state index contributed by atoms with van der Waals surface area (Å²) < 4.78 is 12.4. The van der Waals surface area contributed by atoms with Crippen molar-refractivity contribution in [1.82, 2.24) is 4.98 Å². The van der Waals surface area contributed by atoms with Crippen molar-refractivity contribution in [1.29, 1.82) is 0 Å². The lowest BCUT2D eigenvalue weighted by atomic mass is 9.71. The summed E-state index contributed by atoms with van der Waals surface area (Å²) in [5.74, 6) is 1.65. The molecule has 1 aromatic heterocycles. The molecule has 4 atom stereocenters. The summed E-state index contributed by atoms with van der Waals surface area (Å²) in [6.07, 6.45) is 10.1.